The lowest BCUT2D eigenvalue weighted by atomic mass is 9.95. The van der Waals surface area contributed by atoms with Crippen LogP contribution >= 0.6 is 0 Å². The van der Waals surface area contributed by atoms with Crippen molar-refractivity contribution in [3.8, 4) is 11.4 Å². The van der Waals surface area contributed by atoms with Gasteiger partial charge in [-0.3, -0.25) is 4.79 Å². The second kappa shape index (κ2) is 11.7. The number of halogens is 3. The summed E-state index contributed by atoms with van der Waals surface area (Å²) in [6.45, 7) is 4.71. The Morgan fingerprint density at radius 2 is 1.70 bits per heavy atom. The highest BCUT2D eigenvalue weighted by molar-refractivity contribution is 5.96. The molecule has 3 aromatic carbocycles. The van der Waals surface area contributed by atoms with Crippen LogP contribution in [0.5, 0.6) is 5.75 Å². The Morgan fingerprint density at radius 1 is 1.00 bits per heavy atom. The number of carbonyl (C=O) groups is 1. The number of nitrogens with zero attached hydrogens (tertiary/aromatic N) is 2. The maximum Gasteiger partial charge on any atom is 0.573 e. The molecule has 1 atom stereocenters. The quantitative estimate of drug-likeness (QED) is 0.203. The van der Waals surface area contributed by atoms with Crippen LogP contribution in [0.2, 0.25) is 0 Å². The van der Waals surface area contributed by atoms with E-state index in [1.54, 1.807) is 22.9 Å². The third kappa shape index (κ3) is 6.99. The Balaban J connectivity index is 1.41. The Bertz CT molecular complexity index is 1490. The minimum atomic E-state index is -4.77. The van der Waals surface area contributed by atoms with Crippen LogP contribution in [0.3, 0.4) is 0 Å². The molecule has 40 heavy (non-hydrogen) atoms. The lowest BCUT2D eigenvalue weighted by molar-refractivity contribution is -0.274. The first kappa shape index (κ1) is 27.6. The van der Waals surface area contributed by atoms with E-state index in [1.807, 2.05) is 55.5 Å². The number of benzene rings is 3. The van der Waals surface area contributed by atoms with Gasteiger partial charge in [-0.1, -0.05) is 55.5 Å². The second-order valence-electron chi connectivity index (χ2n) is 10.4. The zero-order chi connectivity index (χ0) is 28.3. The molecule has 0 aliphatic heterocycles. The Kier molecular flexibility index (Phi) is 8.07. The smallest absolute Gasteiger partial charge is 0.406 e. The number of ketones is 1. The molecule has 1 saturated carbocycles. The van der Waals surface area contributed by atoms with Gasteiger partial charge in [-0.05, 0) is 91.2 Å². The summed E-state index contributed by atoms with van der Waals surface area (Å²) in [6, 6.07) is 23.2. The van der Waals surface area contributed by atoms with Crippen LogP contribution in [0.1, 0.15) is 64.2 Å². The fourth-order valence-electron chi connectivity index (χ4n) is 4.89. The van der Waals surface area contributed by atoms with E-state index in [-0.39, 0.29) is 24.0 Å². The summed E-state index contributed by atoms with van der Waals surface area (Å²) in [5, 5.41) is 8.10. The van der Waals surface area contributed by atoms with Crippen LogP contribution in [0, 0.1) is 12.8 Å². The standard InChI is InChI=1S/C32H32F3N3O2/c1-3-22-7-5-11-27(17-22)38-29(15-21(2)37-38)30(39)18-24-8-4-9-25(16-24)31(36-20-23-13-14-23)26-10-6-12-28(19-26)40-32(33,34)35/h4-12,15-17,19,23,31,36H,3,13-14,18,20H2,1-2H3. The predicted molar refractivity (Wildman–Crippen MR) is 148 cm³/mol. The van der Waals surface area contributed by atoms with Gasteiger partial charge in [0, 0.05) is 6.42 Å². The van der Waals surface area contributed by atoms with Gasteiger partial charge in [0.25, 0.3) is 0 Å². The van der Waals surface area contributed by atoms with Gasteiger partial charge in [0.1, 0.15) is 11.4 Å². The van der Waals surface area contributed by atoms with E-state index in [9.17, 15) is 18.0 Å². The molecule has 1 unspecified atom stereocenters. The van der Waals surface area contributed by atoms with E-state index >= 15 is 0 Å². The van der Waals surface area contributed by atoms with E-state index in [4.69, 9.17) is 0 Å². The summed E-state index contributed by atoms with van der Waals surface area (Å²) < 4.78 is 44.5. The summed E-state index contributed by atoms with van der Waals surface area (Å²) in [5.74, 6) is 0.240. The molecular formula is C32H32F3N3O2. The van der Waals surface area contributed by atoms with Gasteiger partial charge in [-0.15, -0.1) is 13.2 Å². The third-order valence-corrected chi connectivity index (χ3v) is 7.06. The number of carbonyl (C=O) groups excluding carboxylic acids is 1. The zero-order valence-corrected chi connectivity index (χ0v) is 22.5. The second-order valence-corrected chi connectivity index (χ2v) is 10.4. The molecule has 5 rings (SSSR count). The maximum atomic E-state index is 13.5. The van der Waals surface area contributed by atoms with Crippen LogP contribution in [0.15, 0.2) is 78.9 Å². The minimum absolute atomic E-state index is 0.0669. The van der Waals surface area contributed by atoms with Gasteiger partial charge >= 0.3 is 6.36 Å². The highest BCUT2D eigenvalue weighted by Crippen LogP contribution is 2.32. The van der Waals surface area contributed by atoms with E-state index in [2.05, 4.69) is 22.1 Å². The van der Waals surface area contributed by atoms with E-state index in [1.165, 1.54) is 12.1 Å². The molecule has 1 fully saturated rings. The number of hydrogen-bond donors (Lipinski definition) is 1. The molecule has 4 aromatic rings. The largest absolute Gasteiger partial charge is 0.573 e. The van der Waals surface area contributed by atoms with Gasteiger partial charge in [0.15, 0.2) is 5.78 Å². The summed E-state index contributed by atoms with van der Waals surface area (Å²) >= 11 is 0. The average molecular weight is 548 g/mol. The van der Waals surface area contributed by atoms with Crippen LogP contribution in [-0.2, 0) is 12.8 Å². The molecule has 0 spiro atoms. The van der Waals surface area contributed by atoms with Crippen LogP contribution < -0.4 is 10.1 Å². The SMILES string of the molecule is CCc1cccc(-n2nc(C)cc2C(=O)Cc2cccc(C(NCC3CC3)c3cccc(OC(F)(F)F)c3)c2)c1. The maximum absolute atomic E-state index is 13.5. The lowest BCUT2D eigenvalue weighted by Crippen LogP contribution is -2.25. The van der Waals surface area contributed by atoms with Gasteiger partial charge in [-0.2, -0.15) is 5.10 Å². The molecule has 1 N–H and O–H groups in total. The number of alkyl halides is 3. The van der Waals surface area contributed by atoms with Crippen LogP contribution in [-0.4, -0.2) is 28.5 Å². The highest BCUT2D eigenvalue weighted by Gasteiger charge is 2.31. The summed E-state index contributed by atoms with van der Waals surface area (Å²) in [5.41, 5.74) is 5.61. The first-order chi connectivity index (χ1) is 19.2. The third-order valence-electron chi connectivity index (χ3n) is 7.06. The predicted octanol–water partition coefficient (Wildman–Crippen LogP) is 7.16. The normalized spacial score (nSPS) is 14.2. The fraction of sp³-hybridized carbons (Fsp3) is 0.312. The molecule has 1 aliphatic carbocycles. The van der Waals surface area contributed by atoms with Gasteiger partial charge in [0.05, 0.1) is 17.4 Å². The van der Waals surface area contributed by atoms with Gasteiger partial charge in [-0.25, -0.2) is 4.68 Å². The van der Waals surface area contributed by atoms with E-state index in [0.29, 0.717) is 17.2 Å². The Labute approximate surface area is 232 Å². The fourth-order valence-corrected chi connectivity index (χ4v) is 4.89. The first-order valence-corrected chi connectivity index (χ1v) is 13.6. The summed E-state index contributed by atoms with van der Waals surface area (Å²) in [6.07, 6.45) is -1.44. The average Bonchev–Trinajstić information content (AvgIpc) is 3.66. The number of ether oxygens (including phenoxy) is 1. The van der Waals surface area contributed by atoms with Crippen molar-refractivity contribution in [2.75, 3.05) is 6.54 Å². The van der Waals surface area contributed by atoms with Crippen molar-refractivity contribution in [1.82, 2.24) is 15.1 Å². The monoisotopic (exact) mass is 547 g/mol. The van der Waals surface area contributed by atoms with Crippen molar-refractivity contribution in [1.29, 1.82) is 0 Å². The minimum Gasteiger partial charge on any atom is -0.406 e. The van der Waals surface area contributed by atoms with Gasteiger partial charge in [0.2, 0.25) is 0 Å². The van der Waals surface area contributed by atoms with Crippen molar-refractivity contribution in [3.63, 3.8) is 0 Å². The molecule has 5 nitrogen and oxygen atoms in total. The summed E-state index contributed by atoms with van der Waals surface area (Å²) in [4.78, 5) is 13.5. The molecule has 1 aromatic heterocycles. The topological polar surface area (TPSA) is 56.2 Å². The molecule has 8 heteroatoms. The number of hydrogen-bond acceptors (Lipinski definition) is 4. The Morgan fingerprint density at radius 3 is 2.42 bits per heavy atom. The number of rotatable bonds is 11. The van der Waals surface area contributed by atoms with Crippen molar-refractivity contribution in [3.05, 3.63) is 113 Å². The molecule has 1 heterocycles. The van der Waals surface area contributed by atoms with E-state index in [0.717, 1.165) is 53.9 Å². The van der Waals surface area contributed by atoms with Gasteiger partial charge < -0.3 is 10.1 Å². The van der Waals surface area contributed by atoms with E-state index < -0.39 is 6.36 Å². The zero-order valence-electron chi connectivity index (χ0n) is 22.5. The van der Waals surface area contributed by atoms with Crippen LogP contribution in [0.25, 0.3) is 5.69 Å². The molecule has 0 bridgehead atoms. The first-order valence-electron chi connectivity index (χ1n) is 13.6. The molecule has 208 valence electrons. The Hall–Kier alpha value is -3.91. The van der Waals surface area contributed by atoms with Crippen molar-refractivity contribution < 1.29 is 22.7 Å². The number of Topliss-reactive ketones (excluding diaryl/α,β-unsaturated/α-hetero) is 1. The van der Waals surface area contributed by atoms with Crippen molar-refractivity contribution >= 4 is 5.78 Å². The summed E-state index contributed by atoms with van der Waals surface area (Å²) in [7, 11) is 0. The van der Waals surface area contributed by atoms with Crippen molar-refractivity contribution in [2.45, 2.75) is 51.9 Å². The number of nitrogens with one attached hydrogen (secondary N) is 1. The molecule has 0 amide bonds. The lowest BCUT2D eigenvalue weighted by Gasteiger charge is -2.21. The highest BCUT2D eigenvalue weighted by atomic mass is 19.4. The number of aromatic nitrogens is 2. The number of aryl methyl sites for hydroxylation is 2. The van der Waals surface area contributed by atoms with Crippen molar-refractivity contribution in [2.24, 2.45) is 5.92 Å². The molecule has 0 saturated heterocycles. The van der Waals surface area contributed by atoms with Crippen LogP contribution in [0.4, 0.5) is 13.2 Å². The molecular weight excluding hydrogens is 515 g/mol. The molecule has 0 radical (unpaired) electrons. The molecule has 1 aliphatic rings.